The van der Waals surface area contributed by atoms with Gasteiger partial charge in [0.05, 0.1) is 20.6 Å². The van der Waals surface area contributed by atoms with E-state index in [9.17, 15) is 9.59 Å². The van der Waals surface area contributed by atoms with Gasteiger partial charge in [-0.2, -0.15) is 0 Å². The van der Waals surface area contributed by atoms with Crippen LogP contribution in [0, 0.1) is 0 Å². The van der Waals surface area contributed by atoms with Gasteiger partial charge in [-0.15, -0.1) is 0 Å². The van der Waals surface area contributed by atoms with Crippen LogP contribution in [0.2, 0.25) is 0 Å². The number of anilines is 1. The summed E-state index contributed by atoms with van der Waals surface area (Å²) in [4.78, 5) is 22.1. The predicted octanol–water partition coefficient (Wildman–Crippen LogP) is 1.79. The summed E-state index contributed by atoms with van der Waals surface area (Å²) in [6, 6.07) is 3.20. The molecule has 0 saturated heterocycles. The minimum absolute atomic E-state index is 0.0360. The number of ether oxygens (including phenoxy) is 2. The second-order valence-electron chi connectivity index (χ2n) is 3.88. The zero-order valence-corrected chi connectivity index (χ0v) is 11.1. The average molecular weight is 267 g/mol. The van der Waals surface area contributed by atoms with Gasteiger partial charge in [-0.1, -0.05) is 0 Å². The molecule has 0 aliphatic carbocycles. The molecule has 0 aromatic heterocycles. The first-order valence-electron chi connectivity index (χ1n) is 5.72. The van der Waals surface area contributed by atoms with Crippen LogP contribution in [0.4, 0.5) is 5.69 Å². The van der Waals surface area contributed by atoms with Crippen molar-refractivity contribution in [3.8, 4) is 11.5 Å². The second-order valence-corrected chi connectivity index (χ2v) is 3.88. The molecule has 1 aromatic rings. The molecule has 6 nitrogen and oxygen atoms in total. The van der Waals surface area contributed by atoms with Crippen molar-refractivity contribution in [3.05, 3.63) is 17.7 Å². The molecule has 0 amide bonds. The van der Waals surface area contributed by atoms with Gasteiger partial charge >= 0.3 is 5.97 Å². The summed E-state index contributed by atoms with van der Waals surface area (Å²) in [6.07, 6.45) is -0.0360. The maximum Gasteiger partial charge on any atom is 0.305 e. The Bertz CT molecular complexity index is 484. The highest BCUT2D eigenvalue weighted by Gasteiger charge is 2.14. The van der Waals surface area contributed by atoms with Gasteiger partial charge in [0.1, 0.15) is 0 Å². The summed E-state index contributed by atoms with van der Waals surface area (Å²) in [5.74, 6) is -0.113. The molecule has 6 heteroatoms. The molecule has 0 unspecified atom stereocenters. The van der Waals surface area contributed by atoms with Crippen LogP contribution in [0.3, 0.4) is 0 Å². The fourth-order valence-corrected chi connectivity index (χ4v) is 1.62. The predicted molar refractivity (Wildman–Crippen MR) is 70.3 cm³/mol. The van der Waals surface area contributed by atoms with Gasteiger partial charge in [0, 0.05) is 23.9 Å². The van der Waals surface area contributed by atoms with E-state index < -0.39 is 5.97 Å². The summed E-state index contributed by atoms with van der Waals surface area (Å²) in [5, 5.41) is 11.5. The molecule has 0 aliphatic rings. The van der Waals surface area contributed by atoms with E-state index in [1.165, 1.54) is 21.1 Å². The smallest absolute Gasteiger partial charge is 0.305 e. The second kappa shape index (κ2) is 6.63. The third kappa shape index (κ3) is 3.87. The van der Waals surface area contributed by atoms with E-state index in [-0.39, 0.29) is 18.7 Å². The van der Waals surface area contributed by atoms with Crippen LogP contribution >= 0.6 is 0 Å². The summed E-state index contributed by atoms with van der Waals surface area (Å²) >= 11 is 0. The molecule has 19 heavy (non-hydrogen) atoms. The largest absolute Gasteiger partial charge is 0.493 e. The molecule has 104 valence electrons. The highest BCUT2D eigenvalue weighted by molar-refractivity contribution is 6.00. The molecule has 0 heterocycles. The molecule has 0 aliphatic heterocycles. The molecule has 1 rings (SSSR count). The molecular formula is C13H17NO5. The number of Topliss-reactive ketones (excluding diaryl/α,β-unsaturated/α-hetero) is 1. The number of aliphatic carboxylic acids is 1. The van der Waals surface area contributed by atoms with Crippen molar-refractivity contribution in [1.29, 1.82) is 0 Å². The monoisotopic (exact) mass is 267 g/mol. The molecule has 0 saturated carbocycles. The van der Waals surface area contributed by atoms with Crippen LogP contribution in [-0.2, 0) is 4.79 Å². The maximum atomic E-state index is 11.6. The number of nitrogens with one attached hydrogen (secondary N) is 1. The van der Waals surface area contributed by atoms with Crippen molar-refractivity contribution < 1.29 is 24.2 Å². The number of hydrogen-bond donors (Lipinski definition) is 2. The lowest BCUT2D eigenvalue weighted by molar-refractivity contribution is -0.136. The lowest BCUT2D eigenvalue weighted by atomic mass is 10.1. The minimum atomic E-state index is -0.905. The van der Waals surface area contributed by atoms with Crippen molar-refractivity contribution in [2.45, 2.75) is 13.3 Å². The topological polar surface area (TPSA) is 84.9 Å². The van der Waals surface area contributed by atoms with Gasteiger partial charge < -0.3 is 19.9 Å². The standard InChI is InChI=1S/C13H17NO5/c1-8(15)9-6-11(18-2)12(19-3)7-10(9)14-5-4-13(16)17/h6-7,14H,4-5H2,1-3H3,(H,16,17). The van der Waals surface area contributed by atoms with E-state index in [2.05, 4.69) is 5.32 Å². The summed E-state index contributed by atoms with van der Waals surface area (Å²) in [5.41, 5.74) is 0.967. The van der Waals surface area contributed by atoms with Gasteiger partial charge in [0.25, 0.3) is 0 Å². The van der Waals surface area contributed by atoms with Crippen LogP contribution in [0.15, 0.2) is 12.1 Å². The number of carbonyl (C=O) groups is 2. The third-order valence-corrected chi connectivity index (χ3v) is 2.56. The quantitative estimate of drug-likeness (QED) is 0.733. The van der Waals surface area contributed by atoms with Crippen molar-refractivity contribution in [3.63, 3.8) is 0 Å². The first kappa shape index (κ1) is 14.8. The highest BCUT2D eigenvalue weighted by atomic mass is 16.5. The molecule has 0 atom stereocenters. The van der Waals surface area contributed by atoms with Crippen LogP contribution in [-0.4, -0.2) is 37.6 Å². The minimum Gasteiger partial charge on any atom is -0.493 e. The number of carboxylic acid groups (broad SMARTS) is 1. The third-order valence-electron chi connectivity index (χ3n) is 2.56. The molecule has 1 aromatic carbocycles. The van der Waals surface area contributed by atoms with Crippen molar-refractivity contribution in [2.24, 2.45) is 0 Å². The molecule has 0 spiro atoms. The van der Waals surface area contributed by atoms with Crippen LogP contribution in [0.5, 0.6) is 11.5 Å². The number of rotatable bonds is 7. The molecule has 0 fully saturated rings. The van der Waals surface area contributed by atoms with Crippen molar-refractivity contribution in [1.82, 2.24) is 0 Å². The van der Waals surface area contributed by atoms with E-state index in [1.54, 1.807) is 12.1 Å². The maximum absolute atomic E-state index is 11.6. The molecular weight excluding hydrogens is 250 g/mol. The van der Waals surface area contributed by atoms with Crippen LogP contribution in [0.25, 0.3) is 0 Å². The van der Waals surface area contributed by atoms with Gasteiger partial charge in [0.15, 0.2) is 17.3 Å². The van der Waals surface area contributed by atoms with Gasteiger partial charge in [-0.25, -0.2) is 0 Å². The number of hydrogen-bond acceptors (Lipinski definition) is 5. The fourth-order valence-electron chi connectivity index (χ4n) is 1.62. The molecule has 0 radical (unpaired) electrons. The molecule has 2 N–H and O–H groups in total. The van der Waals surface area contributed by atoms with Gasteiger partial charge in [-0.3, -0.25) is 9.59 Å². The van der Waals surface area contributed by atoms with Crippen LogP contribution < -0.4 is 14.8 Å². The number of benzene rings is 1. The van der Waals surface area contributed by atoms with E-state index in [1.807, 2.05) is 0 Å². The van der Waals surface area contributed by atoms with E-state index in [0.717, 1.165) is 0 Å². The zero-order chi connectivity index (χ0) is 14.4. The Hall–Kier alpha value is -2.24. The Morgan fingerprint density at radius 1 is 1.21 bits per heavy atom. The van der Waals surface area contributed by atoms with E-state index >= 15 is 0 Å². The Morgan fingerprint density at radius 3 is 2.26 bits per heavy atom. The van der Waals surface area contributed by atoms with Gasteiger partial charge in [-0.05, 0) is 13.0 Å². The number of carbonyl (C=O) groups excluding carboxylic acids is 1. The number of methoxy groups -OCH3 is 2. The summed E-state index contributed by atoms with van der Waals surface area (Å²) in [6.45, 7) is 1.66. The lowest BCUT2D eigenvalue weighted by Gasteiger charge is -2.14. The Kier molecular flexibility index (Phi) is 5.17. The van der Waals surface area contributed by atoms with Gasteiger partial charge in [0.2, 0.25) is 0 Å². The normalized spacial score (nSPS) is 9.84. The Morgan fingerprint density at radius 2 is 1.79 bits per heavy atom. The van der Waals surface area contributed by atoms with Crippen molar-refractivity contribution in [2.75, 3.05) is 26.1 Å². The zero-order valence-electron chi connectivity index (χ0n) is 11.1. The van der Waals surface area contributed by atoms with Crippen molar-refractivity contribution >= 4 is 17.4 Å². The average Bonchev–Trinajstić information content (AvgIpc) is 2.37. The Labute approximate surface area is 111 Å². The van der Waals surface area contributed by atoms with E-state index in [4.69, 9.17) is 14.6 Å². The summed E-state index contributed by atoms with van der Waals surface area (Å²) in [7, 11) is 2.98. The first-order valence-corrected chi connectivity index (χ1v) is 5.72. The van der Waals surface area contributed by atoms with Crippen LogP contribution in [0.1, 0.15) is 23.7 Å². The highest BCUT2D eigenvalue weighted by Crippen LogP contribution is 2.33. The number of carboxylic acids is 1. The first-order chi connectivity index (χ1) is 8.99. The Balaban J connectivity index is 3.05. The summed E-state index contributed by atoms with van der Waals surface area (Å²) < 4.78 is 10.3. The SMILES string of the molecule is COc1cc(NCCC(=O)O)c(C(C)=O)cc1OC. The van der Waals surface area contributed by atoms with E-state index in [0.29, 0.717) is 22.7 Å². The lowest BCUT2D eigenvalue weighted by Crippen LogP contribution is -2.10. The molecule has 0 bridgehead atoms. The number of ketones is 1. The fraction of sp³-hybridized carbons (Fsp3) is 0.385.